The summed E-state index contributed by atoms with van der Waals surface area (Å²) in [5.74, 6) is -0.417. The quantitative estimate of drug-likeness (QED) is 0.614. The van der Waals surface area contributed by atoms with Crippen molar-refractivity contribution in [2.24, 2.45) is 0 Å². The number of halogens is 2. The van der Waals surface area contributed by atoms with Gasteiger partial charge in [-0.05, 0) is 12.1 Å². The Bertz CT molecular complexity index is 744. The zero-order valence-corrected chi connectivity index (χ0v) is 15.8. The number of imide groups is 1. The van der Waals surface area contributed by atoms with E-state index < -0.39 is 22.0 Å². The maximum absolute atomic E-state index is 12.8. The molecule has 0 radical (unpaired) electrons. The highest BCUT2D eigenvalue weighted by atomic mass is 35.5. The van der Waals surface area contributed by atoms with E-state index in [1.54, 1.807) is 6.07 Å². The summed E-state index contributed by atoms with van der Waals surface area (Å²) in [6.07, 6.45) is 0. The van der Waals surface area contributed by atoms with E-state index in [0.29, 0.717) is 13.1 Å². The Hall–Kier alpha value is -1.39. The van der Waals surface area contributed by atoms with Crippen LogP contribution in [-0.2, 0) is 14.8 Å². The third-order valence-corrected chi connectivity index (χ3v) is 6.69. The number of hydrogen-bond acceptors (Lipinski definition) is 4. The summed E-state index contributed by atoms with van der Waals surface area (Å²) >= 11 is 12.0. The number of amides is 3. The van der Waals surface area contributed by atoms with Crippen LogP contribution in [0.15, 0.2) is 23.1 Å². The molecule has 1 aromatic carbocycles. The normalized spacial score (nSPS) is 16.4. The molecule has 1 heterocycles. The van der Waals surface area contributed by atoms with Gasteiger partial charge in [-0.15, -0.1) is 0 Å². The van der Waals surface area contributed by atoms with Crippen molar-refractivity contribution in [3.8, 4) is 0 Å². The molecule has 3 amide bonds. The van der Waals surface area contributed by atoms with E-state index in [9.17, 15) is 18.0 Å². The minimum absolute atomic E-state index is 0.0761. The van der Waals surface area contributed by atoms with Crippen LogP contribution < -0.4 is 15.5 Å². The van der Waals surface area contributed by atoms with Crippen molar-refractivity contribution in [2.45, 2.75) is 4.90 Å². The van der Waals surface area contributed by atoms with Gasteiger partial charge in [-0.1, -0.05) is 29.3 Å². The van der Waals surface area contributed by atoms with Crippen molar-refractivity contribution in [2.75, 3.05) is 39.8 Å². The van der Waals surface area contributed by atoms with E-state index in [1.165, 1.54) is 23.5 Å². The molecule has 25 heavy (non-hydrogen) atoms. The van der Waals surface area contributed by atoms with E-state index >= 15 is 0 Å². The van der Waals surface area contributed by atoms with Crippen molar-refractivity contribution in [1.29, 1.82) is 0 Å². The fraction of sp³-hybridized carbons (Fsp3) is 0.429. The number of hydrogen-bond donors (Lipinski definition) is 3. The van der Waals surface area contributed by atoms with E-state index in [2.05, 4.69) is 10.6 Å². The first-order chi connectivity index (χ1) is 11.8. The fourth-order valence-corrected chi connectivity index (χ4v) is 5.07. The molecule has 0 aromatic heterocycles. The number of nitrogens with zero attached hydrogens (tertiary/aromatic N) is 1. The van der Waals surface area contributed by atoms with Gasteiger partial charge in [-0.2, -0.15) is 4.31 Å². The third kappa shape index (κ3) is 4.83. The Labute approximate surface area is 156 Å². The monoisotopic (exact) mass is 409 g/mol. The number of piperazine rings is 1. The number of carbonyl (C=O) groups excluding carboxylic acids is 2. The molecular formula is C14H19Cl2N4O4S+. The molecule has 1 aromatic rings. The predicted octanol–water partition coefficient (Wildman–Crippen LogP) is -0.662. The van der Waals surface area contributed by atoms with Gasteiger partial charge in [0.05, 0.1) is 36.2 Å². The van der Waals surface area contributed by atoms with Crippen LogP contribution in [0.25, 0.3) is 0 Å². The van der Waals surface area contributed by atoms with E-state index in [-0.39, 0.29) is 34.6 Å². The standard InChI is InChI=1S/C14H18Cl2N4O4S/c1-17-14(22)18-12(21)9-19-5-7-20(8-6-19)25(23,24)13-10(15)3-2-4-11(13)16/h2-4H,5-9H2,1H3,(H2,17,18,21,22)/p+1. The predicted molar refractivity (Wildman–Crippen MR) is 93.4 cm³/mol. The molecule has 0 saturated carbocycles. The van der Waals surface area contributed by atoms with Crippen molar-refractivity contribution >= 4 is 45.2 Å². The van der Waals surface area contributed by atoms with Crippen LogP contribution in [0, 0.1) is 0 Å². The number of sulfonamides is 1. The van der Waals surface area contributed by atoms with E-state index in [4.69, 9.17) is 23.2 Å². The summed E-state index contributed by atoms with van der Waals surface area (Å²) in [5, 5.41) is 4.63. The Balaban J connectivity index is 2.00. The van der Waals surface area contributed by atoms with Gasteiger partial charge < -0.3 is 10.2 Å². The number of quaternary nitrogens is 1. The summed E-state index contributed by atoms with van der Waals surface area (Å²) in [7, 11) is -2.39. The van der Waals surface area contributed by atoms with Crippen LogP contribution in [0.1, 0.15) is 0 Å². The third-order valence-electron chi connectivity index (χ3n) is 3.84. The molecule has 1 fully saturated rings. The average Bonchev–Trinajstić information content (AvgIpc) is 2.54. The van der Waals surface area contributed by atoms with Crippen molar-refractivity contribution in [3.63, 3.8) is 0 Å². The molecule has 3 N–H and O–H groups in total. The second-order valence-electron chi connectivity index (χ2n) is 5.51. The number of carbonyl (C=O) groups is 2. The highest BCUT2D eigenvalue weighted by molar-refractivity contribution is 7.89. The lowest BCUT2D eigenvalue weighted by molar-refractivity contribution is -0.895. The molecule has 8 nitrogen and oxygen atoms in total. The van der Waals surface area contributed by atoms with Crippen molar-refractivity contribution in [3.05, 3.63) is 28.2 Å². The summed E-state index contributed by atoms with van der Waals surface area (Å²) < 4.78 is 26.8. The molecule has 1 aliphatic rings. The second-order valence-corrected chi connectivity index (χ2v) is 8.20. The Morgan fingerprint density at radius 2 is 1.76 bits per heavy atom. The molecule has 2 rings (SSSR count). The molecule has 1 aliphatic heterocycles. The molecule has 1 saturated heterocycles. The van der Waals surface area contributed by atoms with Crippen LogP contribution in [0.4, 0.5) is 4.79 Å². The first kappa shape index (κ1) is 19.9. The topological polar surface area (TPSA) is 100 Å². The lowest BCUT2D eigenvalue weighted by Crippen LogP contribution is -3.15. The number of urea groups is 1. The largest absolute Gasteiger partial charge is 0.341 e. The van der Waals surface area contributed by atoms with Gasteiger partial charge in [0.15, 0.2) is 6.54 Å². The van der Waals surface area contributed by atoms with Crippen molar-refractivity contribution in [1.82, 2.24) is 14.9 Å². The first-order valence-electron chi connectivity index (χ1n) is 7.55. The lowest BCUT2D eigenvalue weighted by atomic mass is 10.3. The van der Waals surface area contributed by atoms with E-state index in [1.807, 2.05) is 0 Å². The van der Waals surface area contributed by atoms with Crippen LogP contribution in [-0.4, -0.2) is 64.4 Å². The molecular weight excluding hydrogens is 391 g/mol. The summed E-state index contributed by atoms with van der Waals surface area (Å²) in [6, 6.07) is 3.96. The van der Waals surface area contributed by atoms with Gasteiger partial charge in [0, 0.05) is 7.05 Å². The Kier molecular flexibility index (Phi) is 6.64. The van der Waals surface area contributed by atoms with Gasteiger partial charge in [0.25, 0.3) is 5.91 Å². The van der Waals surface area contributed by atoms with E-state index in [0.717, 1.165) is 4.90 Å². The first-order valence-corrected chi connectivity index (χ1v) is 9.74. The number of benzene rings is 1. The highest BCUT2D eigenvalue weighted by Crippen LogP contribution is 2.31. The number of nitrogens with one attached hydrogen (secondary N) is 3. The maximum Gasteiger partial charge on any atom is 0.321 e. The summed E-state index contributed by atoms with van der Waals surface area (Å²) in [6.45, 7) is 1.41. The van der Waals surface area contributed by atoms with Crippen LogP contribution in [0.2, 0.25) is 10.0 Å². The van der Waals surface area contributed by atoms with Crippen LogP contribution in [0.3, 0.4) is 0 Å². The minimum Gasteiger partial charge on any atom is -0.341 e. The highest BCUT2D eigenvalue weighted by Gasteiger charge is 2.33. The van der Waals surface area contributed by atoms with Crippen LogP contribution >= 0.6 is 23.2 Å². The molecule has 0 aliphatic carbocycles. The molecule has 0 bridgehead atoms. The Morgan fingerprint density at radius 3 is 2.28 bits per heavy atom. The summed E-state index contributed by atoms with van der Waals surface area (Å²) in [5.41, 5.74) is 0. The molecule has 0 atom stereocenters. The maximum atomic E-state index is 12.8. The minimum atomic E-state index is -3.81. The summed E-state index contributed by atoms with van der Waals surface area (Å²) in [4.78, 5) is 23.6. The zero-order valence-electron chi connectivity index (χ0n) is 13.5. The average molecular weight is 410 g/mol. The number of rotatable bonds is 4. The smallest absolute Gasteiger partial charge is 0.321 e. The zero-order chi connectivity index (χ0) is 18.6. The SMILES string of the molecule is CNC(=O)NC(=O)C[NH+]1CCN(S(=O)(=O)c2c(Cl)cccc2Cl)CC1. The van der Waals surface area contributed by atoms with Crippen LogP contribution in [0.5, 0.6) is 0 Å². The molecule has 0 spiro atoms. The van der Waals surface area contributed by atoms with Gasteiger partial charge in [-0.3, -0.25) is 10.1 Å². The van der Waals surface area contributed by atoms with Gasteiger partial charge in [0.2, 0.25) is 10.0 Å². The molecule has 138 valence electrons. The fourth-order valence-electron chi connectivity index (χ4n) is 2.54. The second kappa shape index (κ2) is 8.33. The van der Waals surface area contributed by atoms with Gasteiger partial charge in [0.1, 0.15) is 4.90 Å². The Morgan fingerprint density at radius 1 is 1.20 bits per heavy atom. The van der Waals surface area contributed by atoms with Gasteiger partial charge >= 0.3 is 6.03 Å². The molecule has 11 heteroatoms. The van der Waals surface area contributed by atoms with Gasteiger partial charge in [-0.25, -0.2) is 13.2 Å². The lowest BCUT2D eigenvalue weighted by Gasteiger charge is -2.31. The van der Waals surface area contributed by atoms with Crippen molar-refractivity contribution < 1.29 is 22.9 Å². The molecule has 0 unspecified atom stereocenters.